The highest BCUT2D eigenvalue weighted by Crippen LogP contribution is 2.41. The highest BCUT2D eigenvalue weighted by Gasteiger charge is 2.37. The number of nitrogens with one attached hydrogen (secondary N) is 3. The van der Waals surface area contributed by atoms with Crippen LogP contribution in [0.3, 0.4) is 0 Å². The van der Waals surface area contributed by atoms with Crippen LogP contribution in [-0.4, -0.2) is 98.5 Å². The number of guanidine groups is 1. The van der Waals surface area contributed by atoms with Crippen LogP contribution >= 0.6 is 50.7 Å². The van der Waals surface area contributed by atoms with Gasteiger partial charge in [0.05, 0.1) is 54.8 Å². The van der Waals surface area contributed by atoms with Crippen LogP contribution in [0.2, 0.25) is 10.0 Å². The fraction of sp³-hybridized carbons (Fsp3) is 0.274. The number of rotatable bonds is 20. The van der Waals surface area contributed by atoms with E-state index in [4.69, 9.17) is 48.3 Å². The molecule has 0 radical (unpaired) electrons. The number of aliphatic carboxylic acids is 1. The summed E-state index contributed by atoms with van der Waals surface area (Å²) in [5.41, 5.74) is 3.13. The van der Waals surface area contributed by atoms with E-state index in [0.29, 0.717) is 71.5 Å². The summed E-state index contributed by atoms with van der Waals surface area (Å²) in [5.74, 6) is 0.0549. The van der Waals surface area contributed by atoms with E-state index in [1.165, 1.54) is 67.6 Å². The van der Waals surface area contributed by atoms with E-state index in [-0.39, 0.29) is 33.1 Å². The molecule has 0 saturated carbocycles. The Hall–Kier alpha value is -10.5. The number of allylic oxidation sites excluding steroid dienone is 2. The molecule has 1 fully saturated rings. The number of carboxylic acid groups (broad SMARTS) is 1. The lowest BCUT2D eigenvalue weighted by Crippen LogP contribution is -2.53. The second kappa shape index (κ2) is 43.5. The second-order valence-electron chi connectivity index (χ2n) is 24.0. The van der Waals surface area contributed by atoms with Gasteiger partial charge in [0.15, 0.2) is 17.0 Å². The Labute approximate surface area is 669 Å². The molecule has 3 heterocycles. The van der Waals surface area contributed by atoms with Crippen molar-refractivity contribution in [3.8, 4) is 28.8 Å². The van der Waals surface area contributed by atoms with Crippen molar-refractivity contribution in [2.24, 2.45) is 15.6 Å². The topological polar surface area (TPSA) is 235 Å². The van der Waals surface area contributed by atoms with Gasteiger partial charge in [-0.15, -0.1) is 21.8 Å². The van der Waals surface area contributed by atoms with Crippen molar-refractivity contribution in [1.29, 1.82) is 0 Å². The zero-order valence-corrected chi connectivity index (χ0v) is 63.8. The molecule has 6 N–H and O–H groups in total. The minimum Gasteiger partial charge on any atom is -0.492 e. The van der Waals surface area contributed by atoms with Gasteiger partial charge in [-0.3, -0.25) is 10.1 Å². The number of nitrogens with two attached hydrogens (primary N) is 1. The summed E-state index contributed by atoms with van der Waals surface area (Å²) in [4.78, 5) is 24.1. The van der Waals surface area contributed by atoms with E-state index < -0.39 is 110 Å². The van der Waals surface area contributed by atoms with Gasteiger partial charge >= 0.3 is 54.9 Å². The third kappa shape index (κ3) is 34.9. The first-order chi connectivity index (χ1) is 53.7. The smallest absolute Gasteiger partial charge is 0.422 e. The molecule has 6 aromatic carbocycles. The average Bonchev–Trinajstić information content (AvgIpc) is 1.51. The number of benzene rings is 6. The predicted molar refractivity (Wildman–Crippen MR) is 395 cm³/mol. The molecule has 116 heavy (non-hydrogen) atoms. The minimum atomic E-state index is -4.63. The normalized spacial score (nSPS) is 13.7. The molecule has 1 saturated heterocycles. The summed E-state index contributed by atoms with van der Waals surface area (Å²) in [7, 11) is 1.85. The van der Waals surface area contributed by atoms with Crippen LogP contribution < -0.4 is 35.9 Å². The van der Waals surface area contributed by atoms with Gasteiger partial charge in [0.2, 0.25) is 17.7 Å². The summed E-state index contributed by atoms with van der Waals surface area (Å²) >= 11 is 18.2. The zero-order chi connectivity index (χ0) is 87.4. The van der Waals surface area contributed by atoms with Gasteiger partial charge in [-0.2, -0.15) is 97.3 Å². The number of pyridine rings is 1. The maximum Gasteiger partial charge on any atom is 0.422 e. The molecule has 0 spiro atoms. The zero-order valence-electron chi connectivity index (χ0n) is 60.0. The lowest BCUT2D eigenvalue weighted by molar-refractivity contribution is -0.383. The fourth-order valence-corrected chi connectivity index (χ4v) is 9.09. The van der Waals surface area contributed by atoms with Gasteiger partial charge in [0, 0.05) is 31.8 Å². The first-order valence-electron chi connectivity index (χ1n) is 32.5. The van der Waals surface area contributed by atoms with Crippen LogP contribution in [0.4, 0.5) is 104 Å². The van der Waals surface area contributed by atoms with E-state index >= 15 is 0 Å². The van der Waals surface area contributed by atoms with E-state index in [1.54, 1.807) is 24.3 Å². The van der Waals surface area contributed by atoms with Crippen LogP contribution in [0.1, 0.15) is 77.8 Å². The molecule has 0 amide bonds. The Morgan fingerprint density at radius 1 is 0.681 bits per heavy atom. The SMILES string of the molecule is C=COCC(F)(F)F.CC(Oc1ccc(Oc2ccc(C(F)(F)F)cn2)cc1)C(=O)O.CC1(C)CNC(=NN=C(/C=C/c2ccc(C(F)(F)F)cc2)/C=C/c2ccc(C(F)(F)F)cc2)NC1.CNCCC(Oc1ccc(C(F)(F)F)cc1)c1ccccc1.FC(F)(F)C(Cl)Br.Nc1c([N+](=O)[O-])cnn1-c1c(Cl)cc(C(F)(F)F)cc1Cl. The van der Waals surface area contributed by atoms with Crippen molar-refractivity contribution in [3.05, 3.63) is 254 Å². The molecule has 3 atom stereocenters. The standard InChI is InChI=1S/C25H24F6N4.C17H18F3NO.C15H12F3NO4.C10H5Cl2F3N4O2.C4H5F3O.C2HBrClF3/c1-23(2)15-32-22(33-16-23)35-34-21(13-7-17-3-9-19(10-4-17)24(26,27)28)14-8-18-5-11-20(12-6-18)25(29,30)31;1-21-12-11-16(13-5-3-2-4-6-13)22-15-9-7-14(8-10-15)17(18,19)20;1-9(14(20)21)22-11-3-5-12(6-4-11)23-13-7-2-10(8-19-13)15(16,17)18;11-5-1-4(10(13,14)15)2-6(12)8(5)18-9(16)7(3-17-18)19(20)21;1-2-8-3-4(5,6)7;3-1(4)2(5,6)7/h3-14H,15-16H2,1-2H3,(H2,32,33,35);2-10,16,21H,11-12H2,1H3;2-9H,1H3,(H,20,21);1-3H,16H2;2H,1,3H2;1H/b13-7+,14-8+;;;;;. The largest absolute Gasteiger partial charge is 0.492 e. The maximum absolute atomic E-state index is 12.8. The minimum absolute atomic E-state index is 0.00516. The highest BCUT2D eigenvalue weighted by molar-refractivity contribution is 9.10. The average molecular weight is 1800 g/mol. The molecule has 43 heteroatoms. The first-order valence-corrected chi connectivity index (χ1v) is 34.6. The molecule has 18 nitrogen and oxygen atoms in total. The number of carboxylic acids is 1. The molecule has 3 unspecified atom stereocenters. The van der Waals surface area contributed by atoms with Gasteiger partial charge in [-0.1, -0.05) is 126 Å². The fourth-order valence-electron chi connectivity index (χ4n) is 8.45. The van der Waals surface area contributed by atoms with E-state index in [2.05, 4.69) is 88.9 Å². The number of hydrogen-bond donors (Lipinski definition) is 5. The summed E-state index contributed by atoms with van der Waals surface area (Å²) < 4.78 is 275. The number of anilines is 1. The van der Waals surface area contributed by atoms with Crippen LogP contribution in [0.25, 0.3) is 17.8 Å². The van der Waals surface area contributed by atoms with Crippen LogP contribution in [0, 0.1) is 15.5 Å². The van der Waals surface area contributed by atoms with Gasteiger partial charge in [0.25, 0.3) is 0 Å². The Morgan fingerprint density at radius 3 is 1.49 bits per heavy atom. The monoisotopic (exact) mass is 1790 g/mol. The summed E-state index contributed by atoms with van der Waals surface area (Å²) in [6.07, 6.45) is -22.8. The van der Waals surface area contributed by atoms with Crippen molar-refractivity contribution in [1.82, 2.24) is 30.7 Å². The third-order valence-corrected chi connectivity index (χ3v) is 15.7. The number of alkyl halides is 23. The number of ether oxygens (including phenoxy) is 4. The molecule has 630 valence electrons. The van der Waals surface area contributed by atoms with Crippen molar-refractivity contribution < 1.29 is 126 Å². The molecular formula is C73H65BrCl3F21N10O8. The lowest BCUT2D eigenvalue weighted by atomic mass is 9.92. The molecular weight excluding hydrogens is 1730 g/mol. The number of hydrogen-bond acceptors (Lipinski definition) is 13. The van der Waals surface area contributed by atoms with Gasteiger partial charge < -0.3 is 45.7 Å². The summed E-state index contributed by atoms with van der Waals surface area (Å²) in [6, 6.07) is 32.9. The molecule has 9 rings (SSSR count). The molecule has 0 aliphatic carbocycles. The molecule has 1 aliphatic heterocycles. The Morgan fingerprint density at radius 2 is 1.11 bits per heavy atom. The van der Waals surface area contributed by atoms with Crippen molar-refractivity contribution in [2.45, 2.75) is 86.9 Å². The molecule has 2 aromatic heterocycles. The Balaban J connectivity index is 0.000000312. The molecule has 0 bridgehead atoms. The van der Waals surface area contributed by atoms with Gasteiger partial charge in [-0.05, 0) is 146 Å². The lowest BCUT2D eigenvalue weighted by Gasteiger charge is -2.31. The van der Waals surface area contributed by atoms with Crippen molar-refractivity contribution in [3.63, 3.8) is 0 Å². The van der Waals surface area contributed by atoms with Crippen molar-refractivity contribution >= 4 is 92.0 Å². The van der Waals surface area contributed by atoms with E-state index in [1.807, 2.05) is 37.4 Å². The summed E-state index contributed by atoms with van der Waals surface area (Å²) in [6.45, 7) is 9.36. The predicted octanol–water partition coefficient (Wildman–Crippen LogP) is 22.5. The molecule has 1 aliphatic rings. The van der Waals surface area contributed by atoms with Gasteiger partial charge in [0.1, 0.15) is 35.2 Å². The van der Waals surface area contributed by atoms with E-state index in [9.17, 15) is 107 Å². The van der Waals surface area contributed by atoms with Crippen molar-refractivity contribution in [2.75, 3.05) is 39.0 Å². The maximum atomic E-state index is 12.8. The Kier molecular flexibility index (Phi) is 36.7. The Bertz CT molecular complexity index is 4450. The van der Waals surface area contributed by atoms with Crippen LogP contribution in [0.5, 0.6) is 23.1 Å². The second-order valence-corrected chi connectivity index (χ2v) is 26.7. The first kappa shape index (κ1) is 97.9. The quantitative estimate of drug-likeness (QED) is 0.0119. The van der Waals surface area contributed by atoms with Crippen LogP contribution in [-0.2, 0) is 40.4 Å². The highest BCUT2D eigenvalue weighted by atomic mass is 79.9. The number of nitro groups is 1. The number of aromatic nitrogens is 3. The third-order valence-electron chi connectivity index (χ3n) is 14.3. The van der Waals surface area contributed by atoms with Gasteiger partial charge in [-0.25, -0.2) is 14.5 Å². The number of halogens is 25. The van der Waals surface area contributed by atoms with Crippen LogP contribution in [0.15, 0.2) is 199 Å². The number of nitrogens with zero attached hydrogens (tertiary/aromatic N) is 6. The number of nitrogen functional groups attached to an aromatic ring is 1. The van der Waals surface area contributed by atoms with E-state index in [0.717, 1.165) is 84.2 Å². The summed E-state index contributed by atoms with van der Waals surface area (Å²) in [5, 5.41) is 39.9. The number of carbonyl (C=O) groups is 1. The molecule has 8 aromatic rings.